The topological polar surface area (TPSA) is 56.2 Å². The molecule has 0 saturated heterocycles. The van der Waals surface area contributed by atoms with E-state index in [1.54, 1.807) is 17.9 Å². The maximum Gasteiger partial charge on any atom is 0.332 e. The third-order valence-electron chi connectivity index (χ3n) is 3.23. The second-order valence-electron chi connectivity index (χ2n) is 4.37. The van der Waals surface area contributed by atoms with Crippen molar-refractivity contribution >= 4 is 28.6 Å². The predicted octanol–water partition coefficient (Wildman–Crippen LogP) is 1.78. The van der Waals surface area contributed by atoms with E-state index in [1.165, 1.54) is 7.11 Å². The van der Waals surface area contributed by atoms with Crippen molar-refractivity contribution in [3.8, 4) is 0 Å². The number of carbonyl (C=O) groups is 1. The maximum absolute atomic E-state index is 12.3. The molecule has 0 aliphatic carbocycles. The van der Waals surface area contributed by atoms with E-state index in [-0.39, 0.29) is 5.97 Å². The number of methoxy groups -OCH3 is 1. The van der Waals surface area contributed by atoms with Gasteiger partial charge in [0.25, 0.3) is 0 Å². The van der Waals surface area contributed by atoms with Crippen LogP contribution in [-0.2, 0) is 21.6 Å². The molecule has 0 aliphatic rings. The molecule has 0 amide bonds. The molecule has 0 spiro atoms. The highest BCUT2D eigenvalue weighted by Gasteiger charge is 2.40. The summed E-state index contributed by atoms with van der Waals surface area (Å²) in [6.45, 7) is 0.364. The molecule has 0 saturated carbocycles. The average Bonchev–Trinajstić information content (AvgIpc) is 2.90. The first kappa shape index (κ1) is 15.0. The van der Waals surface area contributed by atoms with E-state index in [4.69, 9.17) is 4.74 Å². The number of aromatic nitrogens is 2. The van der Waals surface area contributed by atoms with Crippen molar-refractivity contribution in [3.05, 3.63) is 51.9 Å². The molecule has 0 aliphatic heterocycles. The van der Waals surface area contributed by atoms with Crippen molar-refractivity contribution < 1.29 is 9.53 Å². The third kappa shape index (κ3) is 2.85. The lowest BCUT2D eigenvalue weighted by Crippen LogP contribution is -2.51. The van der Waals surface area contributed by atoms with Gasteiger partial charge in [-0.25, -0.2) is 4.79 Å². The lowest BCUT2D eigenvalue weighted by Gasteiger charge is -2.31. The molecule has 6 heteroatoms. The molecule has 0 radical (unpaired) electrons. The van der Waals surface area contributed by atoms with Crippen molar-refractivity contribution in [2.24, 2.45) is 0 Å². The Bertz CT molecular complexity index is 585. The van der Waals surface area contributed by atoms with E-state index in [2.05, 4.69) is 33.0 Å². The quantitative estimate of drug-likeness (QED) is 0.630. The Morgan fingerprint density at radius 1 is 1.45 bits per heavy atom. The zero-order chi connectivity index (χ0) is 14.6. The van der Waals surface area contributed by atoms with Gasteiger partial charge in [0.05, 0.1) is 23.4 Å². The third-order valence-corrected chi connectivity index (χ3v) is 3.79. The van der Waals surface area contributed by atoms with Crippen LogP contribution in [0.3, 0.4) is 0 Å². The van der Waals surface area contributed by atoms with E-state index < -0.39 is 5.54 Å². The first-order valence-corrected chi connectivity index (χ1v) is 7.21. The summed E-state index contributed by atoms with van der Waals surface area (Å²) in [5.74, 6) is -0.336. The second kappa shape index (κ2) is 6.36. The number of esters is 1. The maximum atomic E-state index is 12.3. The van der Waals surface area contributed by atoms with Crippen LogP contribution in [0.15, 0.2) is 42.7 Å². The number of hydrogen-bond donors (Lipinski definition) is 1. The number of halogens is 1. The van der Waals surface area contributed by atoms with Gasteiger partial charge in [-0.2, -0.15) is 5.10 Å². The zero-order valence-corrected chi connectivity index (χ0v) is 13.5. The number of benzene rings is 1. The van der Waals surface area contributed by atoms with E-state index in [9.17, 15) is 4.79 Å². The standard InChI is InChI=1S/C14H16IN3O2/c1-16-14(13(19)20-2,11-6-4-3-5-7-11)10-18-9-12(15)8-17-18/h3-9,16H,10H2,1-2H3. The lowest BCUT2D eigenvalue weighted by molar-refractivity contribution is -0.149. The Morgan fingerprint density at radius 3 is 2.65 bits per heavy atom. The Labute approximate surface area is 131 Å². The van der Waals surface area contributed by atoms with Crippen molar-refractivity contribution in [1.29, 1.82) is 0 Å². The molecule has 0 bridgehead atoms. The summed E-state index contributed by atoms with van der Waals surface area (Å²) < 4.78 is 7.75. The largest absolute Gasteiger partial charge is 0.467 e. The van der Waals surface area contributed by atoms with Crippen LogP contribution in [0.2, 0.25) is 0 Å². The number of likely N-dealkylation sites (N-methyl/N-ethyl adjacent to an activating group) is 1. The number of nitrogens with one attached hydrogen (secondary N) is 1. The Balaban J connectivity index is 2.45. The van der Waals surface area contributed by atoms with Crippen LogP contribution < -0.4 is 5.32 Å². The summed E-state index contributed by atoms with van der Waals surface area (Å²) in [4.78, 5) is 12.3. The van der Waals surface area contributed by atoms with Gasteiger partial charge in [0.1, 0.15) is 0 Å². The Morgan fingerprint density at radius 2 is 2.15 bits per heavy atom. The average molecular weight is 385 g/mol. The van der Waals surface area contributed by atoms with Crippen molar-refractivity contribution in [1.82, 2.24) is 15.1 Å². The van der Waals surface area contributed by atoms with E-state index >= 15 is 0 Å². The number of nitrogens with zero attached hydrogens (tertiary/aromatic N) is 2. The van der Waals surface area contributed by atoms with Crippen LogP contribution in [0, 0.1) is 3.57 Å². The van der Waals surface area contributed by atoms with Gasteiger partial charge in [-0.05, 0) is 35.2 Å². The molecule has 1 aromatic carbocycles. The summed E-state index contributed by atoms with van der Waals surface area (Å²) in [5, 5.41) is 7.35. The molecule has 1 heterocycles. The molecular formula is C14H16IN3O2. The molecule has 2 rings (SSSR count). The van der Waals surface area contributed by atoms with Gasteiger partial charge >= 0.3 is 5.97 Å². The Kier molecular flexibility index (Phi) is 4.77. The summed E-state index contributed by atoms with van der Waals surface area (Å²) in [5.41, 5.74) is -0.106. The first-order valence-electron chi connectivity index (χ1n) is 6.13. The fourth-order valence-electron chi connectivity index (χ4n) is 2.16. The van der Waals surface area contributed by atoms with Gasteiger partial charge < -0.3 is 4.74 Å². The van der Waals surface area contributed by atoms with Gasteiger partial charge in [-0.3, -0.25) is 10.00 Å². The SMILES string of the molecule is CNC(Cn1cc(I)cn1)(C(=O)OC)c1ccccc1. The van der Waals surface area contributed by atoms with Crippen LogP contribution in [0.25, 0.3) is 0 Å². The molecule has 5 nitrogen and oxygen atoms in total. The Hall–Kier alpha value is -1.41. The van der Waals surface area contributed by atoms with Gasteiger partial charge in [0, 0.05) is 6.20 Å². The van der Waals surface area contributed by atoms with Crippen LogP contribution in [-0.4, -0.2) is 29.9 Å². The predicted molar refractivity (Wildman–Crippen MR) is 84.1 cm³/mol. The number of hydrogen-bond acceptors (Lipinski definition) is 4. The fourth-order valence-corrected chi connectivity index (χ4v) is 2.61. The van der Waals surface area contributed by atoms with Gasteiger partial charge in [-0.15, -0.1) is 0 Å². The molecule has 1 N–H and O–H groups in total. The molecule has 2 aromatic rings. The number of rotatable bonds is 5. The summed E-state index contributed by atoms with van der Waals surface area (Å²) in [7, 11) is 3.14. The van der Waals surface area contributed by atoms with Crippen LogP contribution in [0.5, 0.6) is 0 Å². The highest BCUT2D eigenvalue weighted by Crippen LogP contribution is 2.25. The summed E-state index contributed by atoms with van der Waals surface area (Å²) in [6.07, 6.45) is 3.64. The lowest BCUT2D eigenvalue weighted by atomic mass is 9.90. The minimum Gasteiger partial charge on any atom is -0.467 e. The molecule has 1 aromatic heterocycles. The molecule has 106 valence electrons. The molecular weight excluding hydrogens is 369 g/mol. The van der Waals surface area contributed by atoms with Crippen LogP contribution >= 0.6 is 22.6 Å². The van der Waals surface area contributed by atoms with Crippen molar-refractivity contribution in [2.45, 2.75) is 12.1 Å². The van der Waals surface area contributed by atoms with Crippen LogP contribution in [0.4, 0.5) is 0 Å². The van der Waals surface area contributed by atoms with Crippen molar-refractivity contribution in [2.75, 3.05) is 14.2 Å². The fraction of sp³-hybridized carbons (Fsp3) is 0.286. The molecule has 20 heavy (non-hydrogen) atoms. The monoisotopic (exact) mass is 385 g/mol. The zero-order valence-electron chi connectivity index (χ0n) is 11.3. The van der Waals surface area contributed by atoms with Crippen molar-refractivity contribution in [3.63, 3.8) is 0 Å². The van der Waals surface area contributed by atoms with Gasteiger partial charge in [0.15, 0.2) is 5.54 Å². The highest BCUT2D eigenvalue weighted by molar-refractivity contribution is 14.1. The summed E-state index contributed by atoms with van der Waals surface area (Å²) in [6, 6.07) is 9.52. The minimum atomic E-state index is -0.953. The normalized spacial score (nSPS) is 13.8. The van der Waals surface area contributed by atoms with Gasteiger partial charge in [0.2, 0.25) is 0 Å². The number of carbonyl (C=O) groups excluding carboxylic acids is 1. The minimum absolute atomic E-state index is 0.336. The summed E-state index contributed by atoms with van der Waals surface area (Å²) >= 11 is 2.19. The van der Waals surface area contributed by atoms with Crippen LogP contribution in [0.1, 0.15) is 5.56 Å². The van der Waals surface area contributed by atoms with E-state index in [0.717, 1.165) is 9.13 Å². The molecule has 0 fully saturated rings. The molecule has 1 unspecified atom stereocenters. The molecule has 1 atom stereocenters. The van der Waals surface area contributed by atoms with E-state index in [0.29, 0.717) is 6.54 Å². The highest BCUT2D eigenvalue weighted by atomic mass is 127. The smallest absolute Gasteiger partial charge is 0.332 e. The van der Waals surface area contributed by atoms with Gasteiger partial charge in [-0.1, -0.05) is 30.3 Å². The second-order valence-corrected chi connectivity index (χ2v) is 5.61. The number of ether oxygens (including phenoxy) is 1. The van der Waals surface area contributed by atoms with E-state index in [1.807, 2.05) is 36.5 Å². The first-order chi connectivity index (χ1) is 9.62.